The van der Waals surface area contributed by atoms with E-state index in [4.69, 9.17) is 37.0 Å². The van der Waals surface area contributed by atoms with Crippen LogP contribution in [0.25, 0.3) is 0 Å². The van der Waals surface area contributed by atoms with Crippen LogP contribution in [-0.4, -0.2) is 96.7 Å². The molecule has 5 atom stereocenters. The fourth-order valence-electron chi connectivity index (χ4n) is 11.0. The number of rotatable bonds is 72. The Labute approximate surface area is 556 Å². The monoisotopic (exact) mass is 1340 g/mol. The van der Waals surface area contributed by atoms with Gasteiger partial charge in [-0.15, -0.1) is 0 Å². The van der Waals surface area contributed by atoms with E-state index in [0.717, 1.165) is 96.3 Å². The van der Waals surface area contributed by atoms with Gasteiger partial charge in [0.1, 0.15) is 19.3 Å². The summed E-state index contributed by atoms with van der Waals surface area (Å²) >= 11 is 0. The van der Waals surface area contributed by atoms with Gasteiger partial charge < -0.3 is 33.8 Å². The molecule has 19 heteroatoms. The highest BCUT2D eigenvalue weighted by molar-refractivity contribution is 7.47. The zero-order valence-corrected chi connectivity index (χ0v) is 60.8. The lowest BCUT2D eigenvalue weighted by atomic mass is 10.0. The Kier molecular flexibility index (Phi) is 64.0. The zero-order valence-electron chi connectivity index (χ0n) is 59.0. The van der Waals surface area contributed by atoms with E-state index < -0.39 is 97.5 Å². The number of phosphoric ester groups is 2. The summed E-state index contributed by atoms with van der Waals surface area (Å²) in [5.41, 5.74) is 0. The highest BCUT2D eigenvalue weighted by atomic mass is 31.2. The molecule has 17 nitrogen and oxygen atoms in total. The second-order valence-electron chi connectivity index (χ2n) is 26.5. The molecule has 0 radical (unpaired) electrons. The smallest absolute Gasteiger partial charge is 0.462 e. The van der Waals surface area contributed by atoms with Crippen molar-refractivity contribution in [1.82, 2.24) is 0 Å². The molecule has 91 heavy (non-hydrogen) atoms. The average Bonchev–Trinajstić information content (AvgIpc) is 3.52. The summed E-state index contributed by atoms with van der Waals surface area (Å²) < 4.78 is 68.3. The Morgan fingerprint density at radius 2 is 0.505 bits per heavy atom. The highest BCUT2D eigenvalue weighted by Gasteiger charge is 2.30. The van der Waals surface area contributed by atoms with Crippen molar-refractivity contribution in [2.45, 2.75) is 393 Å². The van der Waals surface area contributed by atoms with Gasteiger partial charge >= 0.3 is 39.5 Å². The van der Waals surface area contributed by atoms with Crippen LogP contribution in [0.3, 0.4) is 0 Å². The van der Waals surface area contributed by atoms with Gasteiger partial charge in [-0.3, -0.25) is 37.3 Å². The molecule has 0 fully saturated rings. The van der Waals surface area contributed by atoms with Gasteiger partial charge in [0.15, 0.2) is 12.2 Å². The van der Waals surface area contributed by atoms with Crippen molar-refractivity contribution in [3.63, 3.8) is 0 Å². The number of carbonyl (C=O) groups excluding carboxylic acids is 4. The molecule has 0 aromatic carbocycles. The van der Waals surface area contributed by atoms with Gasteiger partial charge in [-0.25, -0.2) is 9.13 Å². The second-order valence-corrected chi connectivity index (χ2v) is 29.4. The van der Waals surface area contributed by atoms with Crippen molar-refractivity contribution in [1.29, 1.82) is 0 Å². The second kappa shape index (κ2) is 65.4. The topological polar surface area (TPSA) is 237 Å². The predicted octanol–water partition coefficient (Wildman–Crippen LogP) is 20.9. The molecule has 540 valence electrons. The van der Waals surface area contributed by atoms with Crippen LogP contribution in [0.5, 0.6) is 0 Å². The lowest BCUT2D eigenvalue weighted by molar-refractivity contribution is -0.161. The van der Waals surface area contributed by atoms with E-state index >= 15 is 0 Å². The molecule has 0 saturated carbocycles. The van der Waals surface area contributed by atoms with Crippen LogP contribution >= 0.6 is 15.6 Å². The number of unbranched alkanes of at least 4 members (excludes halogenated alkanes) is 44. The van der Waals surface area contributed by atoms with E-state index in [-0.39, 0.29) is 25.7 Å². The standard InChI is InChI=1S/C72H140O17P2/c1-6-9-12-15-18-21-24-26-28-30-32-35-38-41-48-53-58-72(77)88-67(61-82-69(74)55-50-45-39-36-34-31-29-27-25-22-19-16-13-10-7-2)63-86-90(78,79)84-59-66(73)60-85-91(80,81)87-64-68(62-83-70(75)56-51-46-43-42-44-49-54-65(4)5)89-71(76)57-52-47-40-37-33-23-20-17-14-11-8-3/h65-68,73H,6-64H2,1-5H3,(H,78,79)(H,80,81)/t66-,67-,68-/m1/s1. The van der Waals surface area contributed by atoms with Gasteiger partial charge in [0.2, 0.25) is 0 Å². The maximum Gasteiger partial charge on any atom is 0.472 e. The third-order valence-electron chi connectivity index (χ3n) is 16.8. The molecule has 0 rings (SSSR count). The van der Waals surface area contributed by atoms with E-state index in [2.05, 4.69) is 34.6 Å². The first-order valence-electron chi connectivity index (χ1n) is 37.6. The summed E-state index contributed by atoms with van der Waals surface area (Å²) in [7, 11) is -9.90. The molecule has 0 aromatic heterocycles. The van der Waals surface area contributed by atoms with Gasteiger partial charge in [-0.2, -0.15) is 0 Å². The number of ether oxygens (including phenoxy) is 4. The van der Waals surface area contributed by atoms with Gasteiger partial charge in [0, 0.05) is 25.7 Å². The highest BCUT2D eigenvalue weighted by Crippen LogP contribution is 2.45. The van der Waals surface area contributed by atoms with Gasteiger partial charge in [0.05, 0.1) is 26.4 Å². The normalized spacial score (nSPS) is 14.0. The van der Waals surface area contributed by atoms with Gasteiger partial charge in [-0.1, -0.05) is 324 Å². The minimum absolute atomic E-state index is 0.106. The SMILES string of the molecule is CCCCCCCCCCCCCCCCCCC(=O)O[C@H](COC(=O)CCCCCCCCCCCCCCCCC)COP(=O)(O)OC[C@@H](O)COP(=O)(O)OC[C@@H](COC(=O)CCCCCCCCC(C)C)OC(=O)CCCCCCCCCCCCC. The molecular weight excluding hydrogens is 1200 g/mol. The molecule has 0 aromatic rings. The van der Waals surface area contributed by atoms with Crippen LogP contribution in [0.4, 0.5) is 0 Å². The molecule has 0 aliphatic rings. The Bertz CT molecular complexity index is 1750. The summed E-state index contributed by atoms with van der Waals surface area (Å²) in [6, 6.07) is 0. The van der Waals surface area contributed by atoms with Crippen LogP contribution < -0.4 is 0 Å². The number of aliphatic hydroxyl groups excluding tert-OH is 1. The van der Waals surface area contributed by atoms with Crippen molar-refractivity contribution in [3.8, 4) is 0 Å². The summed E-state index contributed by atoms with van der Waals surface area (Å²) in [5.74, 6) is -1.44. The van der Waals surface area contributed by atoms with Crippen LogP contribution in [0, 0.1) is 5.92 Å². The van der Waals surface area contributed by atoms with Crippen molar-refractivity contribution < 1.29 is 80.2 Å². The van der Waals surface area contributed by atoms with Crippen molar-refractivity contribution >= 4 is 39.5 Å². The van der Waals surface area contributed by atoms with E-state index in [1.807, 2.05) is 0 Å². The van der Waals surface area contributed by atoms with Crippen molar-refractivity contribution in [2.75, 3.05) is 39.6 Å². The third kappa shape index (κ3) is 66.5. The predicted molar refractivity (Wildman–Crippen MR) is 368 cm³/mol. The number of hydrogen-bond donors (Lipinski definition) is 3. The first kappa shape index (κ1) is 89.1. The molecule has 0 saturated heterocycles. The van der Waals surface area contributed by atoms with Crippen LogP contribution in [0.1, 0.15) is 375 Å². The van der Waals surface area contributed by atoms with Crippen LogP contribution in [0.15, 0.2) is 0 Å². The van der Waals surface area contributed by atoms with E-state index in [1.54, 1.807) is 0 Å². The summed E-state index contributed by atoms with van der Waals surface area (Å²) in [4.78, 5) is 72.6. The number of aliphatic hydroxyl groups is 1. The van der Waals surface area contributed by atoms with E-state index in [1.165, 1.54) is 193 Å². The Morgan fingerprint density at radius 3 is 0.747 bits per heavy atom. The maximum atomic E-state index is 13.0. The number of esters is 4. The van der Waals surface area contributed by atoms with E-state index in [9.17, 15) is 43.2 Å². The molecular formula is C72H140O17P2. The minimum Gasteiger partial charge on any atom is -0.462 e. The number of phosphoric acid groups is 2. The minimum atomic E-state index is -4.95. The number of hydrogen-bond acceptors (Lipinski definition) is 15. The van der Waals surface area contributed by atoms with Crippen molar-refractivity contribution in [3.05, 3.63) is 0 Å². The fraction of sp³-hybridized carbons (Fsp3) is 0.944. The lowest BCUT2D eigenvalue weighted by Gasteiger charge is -2.21. The molecule has 3 N–H and O–H groups in total. The van der Waals surface area contributed by atoms with E-state index in [0.29, 0.717) is 31.6 Å². The Balaban J connectivity index is 5.23. The summed E-state index contributed by atoms with van der Waals surface area (Å²) in [6.45, 7) is 7.18. The molecule has 0 aliphatic heterocycles. The molecule has 2 unspecified atom stereocenters. The molecule has 0 spiro atoms. The van der Waals surface area contributed by atoms with Crippen molar-refractivity contribution in [2.24, 2.45) is 5.92 Å². The molecule has 0 amide bonds. The molecule has 0 bridgehead atoms. The number of carbonyl (C=O) groups is 4. The van der Waals surface area contributed by atoms with Crippen LogP contribution in [-0.2, 0) is 65.4 Å². The van der Waals surface area contributed by atoms with Gasteiger partial charge in [0.25, 0.3) is 0 Å². The molecule has 0 aliphatic carbocycles. The third-order valence-corrected chi connectivity index (χ3v) is 18.7. The van der Waals surface area contributed by atoms with Crippen LogP contribution in [0.2, 0.25) is 0 Å². The zero-order chi connectivity index (χ0) is 67.0. The lowest BCUT2D eigenvalue weighted by Crippen LogP contribution is -2.30. The maximum absolute atomic E-state index is 13.0. The largest absolute Gasteiger partial charge is 0.472 e. The first-order chi connectivity index (χ1) is 44.0. The summed E-state index contributed by atoms with van der Waals surface area (Å²) in [5, 5.41) is 10.6. The first-order valence-corrected chi connectivity index (χ1v) is 40.6. The quantitative estimate of drug-likeness (QED) is 0.0222. The van der Waals surface area contributed by atoms with Gasteiger partial charge in [-0.05, 0) is 31.6 Å². The Morgan fingerprint density at radius 1 is 0.297 bits per heavy atom. The average molecular weight is 1340 g/mol. The molecule has 0 heterocycles. The fourth-order valence-corrected chi connectivity index (χ4v) is 12.6. The Hall–Kier alpha value is -1.94. The summed E-state index contributed by atoms with van der Waals surface area (Å²) in [6.07, 6.45) is 52.8.